The molecule has 0 unspecified atom stereocenters. The van der Waals surface area contributed by atoms with Crippen LogP contribution in [-0.2, 0) is 4.74 Å². The third-order valence-corrected chi connectivity index (χ3v) is 3.77. The molecular formula is C18H23N3O2. The molecule has 0 fully saturated rings. The highest BCUT2D eigenvalue weighted by atomic mass is 16.5. The summed E-state index contributed by atoms with van der Waals surface area (Å²) in [6.07, 6.45) is 0. The Balaban J connectivity index is 2.28. The smallest absolute Gasteiger partial charge is 0.340 e. The van der Waals surface area contributed by atoms with Crippen LogP contribution in [0.5, 0.6) is 0 Å². The largest absolute Gasteiger partial charge is 0.462 e. The van der Waals surface area contributed by atoms with Gasteiger partial charge in [0.05, 0.1) is 29.3 Å². The number of nitrogens with zero attached hydrogens (tertiary/aromatic N) is 1. The monoisotopic (exact) mass is 313 g/mol. The van der Waals surface area contributed by atoms with Crippen LogP contribution < -0.4 is 5.43 Å². The molecule has 1 aromatic heterocycles. The Kier molecular flexibility index (Phi) is 5.21. The number of hydrogen-bond acceptors (Lipinski definition) is 4. The summed E-state index contributed by atoms with van der Waals surface area (Å²) < 4.78 is 5.11. The minimum atomic E-state index is -0.301. The lowest BCUT2D eigenvalue weighted by molar-refractivity contribution is 0.0525. The Morgan fingerprint density at radius 1 is 1.26 bits per heavy atom. The summed E-state index contributed by atoms with van der Waals surface area (Å²) in [5.74, 6) is -0.301. The van der Waals surface area contributed by atoms with Gasteiger partial charge in [0.25, 0.3) is 0 Å². The van der Waals surface area contributed by atoms with E-state index >= 15 is 0 Å². The van der Waals surface area contributed by atoms with E-state index in [1.165, 1.54) is 0 Å². The molecule has 5 heteroatoms. The number of rotatable bonds is 5. The summed E-state index contributed by atoms with van der Waals surface area (Å²) in [7, 11) is 0. The first-order chi connectivity index (χ1) is 11.0. The molecule has 1 heterocycles. The SMILES string of the molecule is CCOC(=O)c1c(C)[nH]c(/C(C)=N/Nc2ccccc2C)c1C. The molecule has 0 saturated carbocycles. The van der Waals surface area contributed by atoms with Crippen LogP contribution in [-0.4, -0.2) is 23.3 Å². The van der Waals surface area contributed by atoms with Crippen molar-refractivity contribution in [3.8, 4) is 0 Å². The number of esters is 1. The van der Waals surface area contributed by atoms with Gasteiger partial charge in [-0.25, -0.2) is 4.79 Å². The Hall–Kier alpha value is -2.56. The molecule has 2 rings (SSSR count). The van der Waals surface area contributed by atoms with Gasteiger partial charge >= 0.3 is 5.97 Å². The van der Waals surface area contributed by atoms with Crippen LogP contribution in [0.15, 0.2) is 29.4 Å². The molecule has 0 atom stereocenters. The van der Waals surface area contributed by atoms with E-state index in [1.54, 1.807) is 6.92 Å². The van der Waals surface area contributed by atoms with E-state index in [2.05, 4.69) is 15.5 Å². The van der Waals surface area contributed by atoms with Crippen molar-refractivity contribution in [2.75, 3.05) is 12.0 Å². The lowest BCUT2D eigenvalue weighted by Gasteiger charge is -2.06. The number of benzene rings is 1. The van der Waals surface area contributed by atoms with Gasteiger partial charge in [-0.2, -0.15) is 5.10 Å². The summed E-state index contributed by atoms with van der Waals surface area (Å²) in [6, 6.07) is 7.95. The zero-order chi connectivity index (χ0) is 17.0. The number of aryl methyl sites for hydroxylation is 2. The highest BCUT2D eigenvalue weighted by Crippen LogP contribution is 2.20. The van der Waals surface area contributed by atoms with Crippen molar-refractivity contribution >= 4 is 17.4 Å². The van der Waals surface area contributed by atoms with E-state index in [1.807, 2.05) is 52.0 Å². The minimum Gasteiger partial charge on any atom is -0.462 e. The number of carbonyl (C=O) groups is 1. The van der Waals surface area contributed by atoms with Crippen LogP contribution in [0, 0.1) is 20.8 Å². The van der Waals surface area contributed by atoms with Crippen molar-refractivity contribution < 1.29 is 9.53 Å². The summed E-state index contributed by atoms with van der Waals surface area (Å²) in [5.41, 5.74) is 9.01. The topological polar surface area (TPSA) is 66.5 Å². The molecule has 0 radical (unpaired) electrons. The number of H-pyrrole nitrogens is 1. The van der Waals surface area contributed by atoms with Crippen LogP contribution in [0.25, 0.3) is 0 Å². The summed E-state index contributed by atoms with van der Waals surface area (Å²) in [4.78, 5) is 15.3. The first-order valence-corrected chi connectivity index (χ1v) is 7.68. The third kappa shape index (κ3) is 3.62. The molecule has 2 aromatic rings. The van der Waals surface area contributed by atoms with Crippen molar-refractivity contribution in [2.45, 2.75) is 34.6 Å². The van der Waals surface area contributed by atoms with Crippen molar-refractivity contribution in [1.82, 2.24) is 4.98 Å². The lowest BCUT2D eigenvalue weighted by atomic mass is 10.1. The van der Waals surface area contributed by atoms with Crippen LogP contribution in [0.2, 0.25) is 0 Å². The summed E-state index contributed by atoms with van der Waals surface area (Å²) >= 11 is 0. The normalized spacial score (nSPS) is 11.4. The molecule has 5 nitrogen and oxygen atoms in total. The van der Waals surface area contributed by atoms with Gasteiger partial charge in [0.15, 0.2) is 0 Å². The van der Waals surface area contributed by atoms with Crippen molar-refractivity contribution in [3.63, 3.8) is 0 Å². The second-order valence-corrected chi connectivity index (χ2v) is 5.47. The molecule has 0 spiro atoms. The number of aromatic nitrogens is 1. The fraction of sp³-hybridized carbons (Fsp3) is 0.333. The molecule has 23 heavy (non-hydrogen) atoms. The fourth-order valence-corrected chi connectivity index (χ4v) is 2.52. The molecule has 0 saturated heterocycles. The highest BCUT2D eigenvalue weighted by molar-refractivity contribution is 6.03. The van der Waals surface area contributed by atoms with Crippen molar-refractivity contribution in [1.29, 1.82) is 0 Å². The predicted molar refractivity (Wildman–Crippen MR) is 93.2 cm³/mol. The average molecular weight is 313 g/mol. The third-order valence-electron chi connectivity index (χ3n) is 3.77. The van der Waals surface area contributed by atoms with Gasteiger partial charge in [0.1, 0.15) is 0 Å². The number of hydrazone groups is 1. The second-order valence-electron chi connectivity index (χ2n) is 5.47. The van der Waals surface area contributed by atoms with Gasteiger partial charge < -0.3 is 9.72 Å². The van der Waals surface area contributed by atoms with Gasteiger partial charge in [-0.05, 0) is 51.8 Å². The minimum absolute atomic E-state index is 0.301. The summed E-state index contributed by atoms with van der Waals surface area (Å²) in [6.45, 7) is 9.85. The van der Waals surface area contributed by atoms with Crippen LogP contribution in [0.3, 0.4) is 0 Å². The summed E-state index contributed by atoms with van der Waals surface area (Å²) in [5, 5.41) is 4.43. The molecule has 1 aromatic carbocycles. The zero-order valence-electron chi connectivity index (χ0n) is 14.3. The van der Waals surface area contributed by atoms with E-state index in [9.17, 15) is 4.79 Å². The number of para-hydroxylation sites is 1. The molecule has 0 aliphatic heterocycles. The maximum Gasteiger partial charge on any atom is 0.340 e. The van der Waals surface area contributed by atoms with Crippen molar-refractivity contribution in [2.24, 2.45) is 5.10 Å². The van der Waals surface area contributed by atoms with Crippen LogP contribution >= 0.6 is 0 Å². The first-order valence-electron chi connectivity index (χ1n) is 7.68. The quantitative estimate of drug-likeness (QED) is 0.499. The Bertz CT molecular complexity index is 745. The van der Waals surface area contributed by atoms with E-state index in [-0.39, 0.29) is 5.97 Å². The molecule has 0 bridgehead atoms. The standard InChI is InChI=1S/C18H23N3O2/c1-6-23-18(22)16-12(3)17(19-13(16)4)14(5)20-21-15-10-8-7-9-11(15)2/h7-10,19,21H,6H2,1-5H3/b20-14+. The Morgan fingerprint density at radius 2 is 1.96 bits per heavy atom. The number of anilines is 1. The van der Waals surface area contributed by atoms with E-state index in [0.717, 1.165) is 33.9 Å². The second kappa shape index (κ2) is 7.13. The van der Waals surface area contributed by atoms with E-state index in [4.69, 9.17) is 4.74 Å². The molecule has 122 valence electrons. The van der Waals surface area contributed by atoms with Crippen LogP contribution in [0.1, 0.15) is 46.7 Å². The number of hydrogen-bond donors (Lipinski definition) is 2. The van der Waals surface area contributed by atoms with Gasteiger partial charge in [0, 0.05) is 5.69 Å². The van der Waals surface area contributed by atoms with E-state index in [0.29, 0.717) is 12.2 Å². The molecule has 0 aliphatic carbocycles. The lowest BCUT2D eigenvalue weighted by Crippen LogP contribution is -2.07. The van der Waals surface area contributed by atoms with Gasteiger partial charge in [0.2, 0.25) is 0 Å². The number of carbonyl (C=O) groups excluding carboxylic acids is 1. The first kappa shape index (κ1) is 16.8. The fourth-order valence-electron chi connectivity index (χ4n) is 2.52. The molecular weight excluding hydrogens is 290 g/mol. The molecule has 2 N–H and O–H groups in total. The number of aromatic amines is 1. The maximum absolute atomic E-state index is 12.0. The zero-order valence-corrected chi connectivity index (χ0v) is 14.3. The number of nitrogens with one attached hydrogen (secondary N) is 2. The average Bonchev–Trinajstić information content (AvgIpc) is 2.81. The van der Waals surface area contributed by atoms with Gasteiger partial charge in [-0.15, -0.1) is 0 Å². The Morgan fingerprint density at radius 3 is 2.61 bits per heavy atom. The van der Waals surface area contributed by atoms with Crippen LogP contribution in [0.4, 0.5) is 5.69 Å². The van der Waals surface area contributed by atoms with Gasteiger partial charge in [-0.1, -0.05) is 18.2 Å². The number of ether oxygens (including phenoxy) is 1. The molecule has 0 aliphatic rings. The van der Waals surface area contributed by atoms with Gasteiger partial charge in [-0.3, -0.25) is 5.43 Å². The Labute approximate surface area is 136 Å². The van der Waals surface area contributed by atoms with E-state index < -0.39 is 0 Å². The maximum atomic E-state index is 12.0. The molecule has 0 amide bonds. The highest BCUT2D eigenvalue weighted by Gasteiger charge is 2.20. The van der Waals surface area contributed by atoms with Crippen molar-refractivity contribution in [3.05, 3.63) is 52.3 Å². The predicted octanol–water partition coefficient (Wildman–Crippen LogP) is 3.95.